The van der Waals surface area contributed by atoms with Crippen molar-refractivity contribution in [1.29, 1.82) is 0 Å². The molecule has 0 bridgehead atoms. The van der Waals surface area contributed by atoms with Crippen molar-refractivity contribution in [2.75, 3.05) is 25.1 Å². The molecule has 1 unspecified atom stereocenters. The number of aliphatic carboxylic acids is 1. The van der Waals surface area contributed by atoms with Gasteiger partial charge in [0.05, 0.1) is 19.6 Å². The number of β-lactam (4-membered cyclic amide) rings is 1. The van der Waals surface area contributed by atoms with Crippen molar-refractivity contribution in [3.63, 3.8) is 0 Å². The van der Waals surface area contributed by atoms with Gasteiger partial charge >= 0.3 is 18.1 Å². The Morgan fingerprint density at radius 2 is 1.65 bits per heavy atom. The highest BCUT2D eigenvalue weighted by Gasteiger charge is 2.55. The largest absolute Gasteiger partial charge is 0.497 e. The van der Waals surface area contributed by atoms with E-state index in [0.29, 0.717) is 24.4 Å². The highest BCUT2D eigenvalue weighted by atomic mass is 16.6. The summed E-state index contributed by atoms with van der Waals surface area (Å²) in [5, 5.41) is 10.3. The number of carboxylic acids is 1. The minimum atomic E-state index is -1.32. The number of anilines is 1. The second-order valence-corrected chi connectivity index (χ2v) is 14.3. The third kappa shape index (κ3) is 8.09. The number of pyridine rings is 1. The van der Waals surface area contributed by atoms with Gasteiger partial charge in [0, 0.05) is 25.2 Å². The second kappa shape index (κ2) is 15.3. The van der Waals surface area contributed by atoms with Crippen molar-refractivity contribution in [2.45, 2.75) is 64.1 Å². The molecule has 0 saturated carbocycles. The minimum absolute atomic E-state index is 0.0503. The normalized spacial score (nSPS) is 18.7. The number of imide groups is 1. The molecule has 2 fully saturated rings. The molecule has 2 aliphatic rings. The number of urea groups is 1. The molecule has 3 atom stereocenters. The molecule has 0 aliphatic carbocycles. The van der Waals surface area contributed by atoms with E-state index in [-0.39, 0.29) is 24.7 Å². The van der Waals surface area contributed by atoms with E-state index in [1.165, 1.54) is 11.1 Å². The van der Waals surface area contributed by atoms with Crippen LogP contribution in [-0.4, -0.2) is 75.7 Å². The van der Waals surface area contributed by atoms with Crippen LogP contribution in [0.3, 0.4) is 0 Å². The number of rotatable bonds is 9. The molecular formula is C41H44N4O7. The van der Waals surface area contributed by atoms with Crippen LogP contribution < -0.4 is 9.64 Å². The number of hydrogen-bond acceptors (Lipinski definition) is 7. The molecule has 0 radical (unpaired) electrons. The number of nitrogens with zero attached hydrogens (tertiary/aromatic N) is 4. The lowest BCUT2D eigenvalue weighted by atomic mass is 9.82. The molecule has 2 aliphatic heterocycles. The Morgan fingerprint density at radius 1 is 0.923 bits per heavy atom. The molecule has 4 amide bonds. The molecule has 1 aromatic heterocycles. The predicted molar refractivity (Wildman–Crippen MR) is 196 cm³/mol. The van der Waals surface area contributed by atoms with Crippen LogP contribution >= 0.6 is 0 Å². The van der Waals surface area contributed by atoms with Crippen molar-refractivity contribution < 1.29 is 33.8 Å². The second-order valence-electron chi connectivity index (χ2n) is 14.3. The zero-order valence-electron chi connectivity index (χ0n) is 29.9. The number of hydrogen-bond donors (Lipinski definition) is 1. The molecule has 1 N–H and O–H groups in total. The highest BCUT2D eigenvalue weighted by Crippen LogP contribution is 2.35. The van der Waals surface area contributed by atoms with Gasteiger partial charge in [0.2, 0.25) is 5.91 Å². The van der Waals surface area contributed by atoms with E-state index in [4.69, 9.17) is 9.47 Å². The fourth-order valence-electron chi connectivity index (χ4n) is 6.88. The molecule has 0 spiro atoms. The molecule has 52 heavy (non-hydrogen) atoms. The third-order valence-electron chi connectivity index (χ3n) is 9.49. The van der Waals surface area contributed by atoms with Gasteiger partial charge in [-0.25, -0.2) is 24.3 Å². The molecular weight excluding hydrogens is 660 g/mol. The monoisotopic (exact) mass is 704 g/mol. The summed E-state index contributed by atoms with van der Waals surface area (Å²) >= 11 is 0. The number of methoxy groups -OCH3 is 1. The summed E-state index contributed by atoms with van der Waals surface area (Å²) in [7, 11) is 1.57. The summed E-state index contributed by atoms with van der Waals surface area (Å²) in [6.45, 7) is 6.29. The zero-order valence-corrected chi connectivity index (χ0v) is 29.9. The van der Waals surface area contributed by atoms with Gasteiger partial charge in [-0.05, 0) is 92.1 Å². The first-order chi connectivity index (χ1) is 24.9. The van der Waals surface area contributed by atoms with Gasteiger partial charge in [-0.2, -0.15) is 0 Å². The maximum absolute atomic E-state index is 13.8. The first-order valence-corrected chi connectivity index (χ1v) is 17.5. The first-order valence-electron chi connectivity index (χ1n) is 17.5. The van der Waals surface area contributed by atoms with Crippen LogP contribution in [-0.2, 0) is 27.3 Å². The molecule has 11 heteroatoms. The summed E-state index contributed by atoms with van der Waals surface area (Å²) in [5.41, 5.74) is 3.92. The quantitative estimate of drug-likeness (QED) is 0.182. The average Bonchev–Trinajstić information content (AvgIpc) is 3.14. The van der Waals surface area contributed by atoms with Gasteiger partial charge in [0.25, 0.3) is 0 Å². The van der Waals surface area contributed by atoms with Crippen LogP contribution in [0, 0.1) is 5.92 Å². The number of carbonyl (C=O) groups is 4. The Labute approximate surface area is 303 Å². The van der Waals surface area contributed by atoms with Crippen LogP contribution in [0.15, 0.2) is 97.2 Å². The Kier molecular flexibility index (Phi) is 10.6. The summed E-state index contributed by atoms with van der Waals surface area (Å²) < 4.78 is 11.0. The Balaban J connectivity index is 1.17. The van der Waals surface area contributed by atoms with Gasteiger partial charge in [0.1, 0.15) is 17.2 Å². The topological polar surface area (TPSA) is 130 Å². The molecule has 3 aromatic carbocycles. The van der Waals surface area contributed by atoms with Gasteiger partial charge in [0.15, 0.2) is 6.04 Å². The molecule has 4 aromatic rings. The number of piperidine rings is 1. The lowest BCUT2D eigenvalue weighted by molar-refractivity contribution is -0.166. The number of benzene rings is 3. The van der Waals surface area contributed by atoms with E-state index < -0.39 is 41.6 Å². The Hall–Kier alpha value is -5.71. The van der Waals surface area contributed by atoms with Crippen molar-refractivity contribution >= 4 is 29.8 Å². The van der Waals surface area contributed by atoms with E-state index in [1.807, 2.05) is 36.4 Å². The Morgan fingerprint density at radius 3 is 2.35 bits per heavy atom. The number of carboxylic acid groups (broad SMARTS) is 1. The van der Waals surface area contributed by atoms with E-state index in [9.17, 15) is 24.3 Å². The summed E-state index contributed by atoms with van der Waals surface area (Å²) in [6, 6.07) is 27.0. The van der Waals surface area contributed by atoms with Crippen molar-refractivity contribution in [3.8, 4) is 16.9 Å². The lowest BCUT2D eigenvalue weighted by Crippen LogP contribution is -2.69. The standard InChI is InChI=1S/C41H44N4O7/c1-41(2,3)52-40(50)44(25-27-15-17-33(51-4)18-16-27)35-23-28(19-20-42-35)22-34-36(38(47)48)45(37(34)46)39(49)43-21-9-14-32(26-43)31-13-8-12-30(24-31)29-10-6-5-7-11-29/h5-8,10-13,15-20,23-24,32,34,36H,9,14,21-22,25-26H2,1-4H3,(H,47,48)/t32?,34-,36+/m1/s1. The summed E-state index contributed by atoms with van der Waals surface area (Å²) in [6.07, 6.45) is 2.57. The third-order valence-corrected chi connectivity index (χ3v) is 9.49. The van der Waals surface area contributed by atoms with Crippen LogP contribution in [0.5, 0.6) is 5.75 Å². The number of likely N-dealkylation sites (tertiary alicyclic amines) is 2. The molecule has 270 valence electrons. The number of amides is 4. The average molecular weight is 705 g/mol. The van der Waals surface area contributed by atoms with Crippen molar-refractivity contribution in [2.24, 2.45) is 5.92 Å². The van der Waals surface area contributed by atoms with E-state index in [0.717, 1.165) is 40.0 Å². The van der Waals surface area contributed by atoms with E-state index in [1.54, 1.807) is 57.0 Å². The van der Waals surface area contributed by atoms with E-state index >= 15 is 0 Å². The Bertz CT molecular complexity index is 1930. The predicted octanol–water partition coefficient (Wildman–Crippen LogP) is 7.15. The van der Waals surface area contributed by atoms with Crippen LogP contribution in [0.25, 0.3) is 11.1 Å². The smallest absolute Gasteiger partial charge is 0.416 e. The fraction of sp³-hybridized carbons (Fsp3) is 0.341. The summed E-state index contributed by atoms with van der Waals surface area (Å²) in [5.74, 6) is -1.73. The van der Waals surface area contributed by atoms with Crippen molar-refractivity contribution in [1.82, 2.24) is 14.8 Å². The first kappa shape index (κ1) is 36.1. The van der Waals surface area contributed by atoms with Gasteiger partial charge in [-0.1, -0.05) is 66.7 Å². The van der Waals surface area contributed by atoms with Gasteiger partial charge < -0.3 is 19.5 Å². The van der Waals surface area contributed by atoms with Gasteiger partial charge in [-0.3, -0.25) is 9.69 Å². The lowest BCUT2D eigenvalue weighted by Gasteiger charge is -2.46. The molecule has 2 saturated heterocycles. The number of ether oxygens (including phenoxy) is 2. The van der Waals surface area contributed by atoms with Crippen LogP contribution in [0.4, 0.5) is 15.4 Å². The highest BCUT2D eigenvalue weighted by molar-refractivity contribution is 6.07. The minimum Gasteiger partial charge on any atom is -0.497 e. The molecule has 11 nitrogen and oxygen atoms in total. The maximum Gasteiger partial charge on any atom is 0.416 e. The fourth-order valence-corrected chi connectivity index (χ4v) is 6.88. The van der Waals surface area contributed by atoms with Crippen molar-refractivity contribution in [3.05, 3.63) is 114 Å². The maximum atomic E-state index is 13.8. The van der Waals surface area contributed by atoms with E-state index in [2.05, 4.69) is 35.3 Å². The van der Waals surface area contributed by atoms with Crippen LogP contribution in [0.2, 0.25) is 0 Å². The summed E-state index contributed by atoms with van der Waals surface area (Å²) in [4.78, 5) is 61.7. The molecule has 3 heterocycles. The number of aromatic nitrogens is 1. The van der Waals surface area contributed by atoms with Gasteiger partial charge in [-0.15, -0.1) is 0 Å². The zero-order chi connectivity index (χ0) is 37.0. The SMILES string of the molecule is COc1ccc(CN(C(=O)OC(C)(C)C)c2cc(C[C@H]3C(=O)N(C(=O)N4CCCC(c5cccc(-c6ccccc6)c5)C4)[C@@H]3C(=O)O)ccn2)cc1. The van der Waals surface area contributed by atoms with Crippen LogP contribution in [0.1, 0.15) is 56.2 Å². The molecule has 6 rings (SSSR count). The number of carbonyl (C=O) groups excluding carboxylic acids is 3.